The molecule has 2 fully saturated rings. The summed E-state index contributed by atoms with van der Waals surface area (Å²) < 4.78 is 126. The number of rotatable bonds is 12. The fourth-order valence-electron chi connectivity index (χ4n) is 4.18. The molecule has 7 N–H and O–H groups in total. The van der Waals surface area contributed by atoms with Gasteiger partial charge in [0.2, 0.25) is 0 Å². The van der Waals surface area contributed by atoms with Crippen LogP contribution in [0.1, 0.15) is 6.42 Å². The van der Waals surface area contributed by atoms with Crippen LogP contribution in [0.15, 0.2) is 0 Å². The van der Waals surface area contributed by atoms with Crippen LogP contribution in [0.4, 0.5) is 0 Å². The molecular weight excluding hydrogens is 594 g/mol. The smallest absolute Gasteiger partial charge is 0.397 e. The van der Waals surface area contributed by atoms with Gasteiger partial charge in [0.25, 0.3) is 0 Å². The van der Waals surface area contributed by atoms with E-state index in [0.717, 1.165) is 14.2 Å². The maximum absolute atomic E-state index is 11.8. The zero-order valence-electron chi connectivity index (χ0n) is 19.4. The Kier molecular flexibility index (Phi) is 10.9. The molecule has 0 aromatic rings. The van der Waals surface area contributed by atoms with E-state index < -0.39 is 111 Å². The lowest BCUT2D eigenvalue weighted by atomic mass is 9.80. The summed E-state index contributed by atoms with van der Waals surface area (Å²) in [5, 5.41) is 31.0. The first-order chi connectivity index (χ1) is 17.3. The number of aliphatic carboxylic acids is 1. The van der Waals surface area contributed by atoms with Crippen LogP contribution in [0.2, 0.25) is 0 Å². The molecule has 1 aliphatic carbocycles. The molecule has 23 heteroatoms. The van der Waals surface area contributed by atoms with Crippen molar-refractivity contribution in [3.63, 3.8) is 0 Å². The predicted molar refractivity (Wildman–Crippen MR) is 115 cm³/mol. The average molecular weight is 622 g/mol. The van der Waals surface area contributed by atoms with Gasteiger partial charge in [-0.25, -0.2) is 8.37 Å². The van der Waals surface area contributed by atoms with Gasteiger partial charge in [-0.15, -0.1) is 0 Å². The maximum atomic E-state index is 11.8. The summed E-state index contributed by atoms with van der Waals surface area (Å²) in [5.74, 6) is -3.14. The van der Waals surface area contributed by atoms with Gasteiger partial charge in [0.15, 0.2) is 6.29 Å². The highest BCUT2D eigenvalue weighted by Crippen LogP contribution is 2.35. The number of aliphatic hydroxyl groups is 2. The Bertz CT molecular complexity index is 1140. The quantitative estimate of drug-likeness (QED) is 0.101. The molecule has 0 bridgehead atoms. The maximum Gasteiger partial charge on any atom is 0.397 e. The molecule has 0 amide bonds. The number of hydrogen-bond donors (Lipinski definition) is 7. The van der Waals surface area contributed by atoms with E-state index in [-0.39, 0.29) is 0 Å². The fraction of sp³-hybridized carbons (Fsp3) is 0.933. The lowest BCUT2D eigenvalue weighted by Gasteiger charge is -2.47. The minimum atomic E-state index is -5.32. The summed E-state index contributed by atoms with van der Waals surface area (Å²) in [6.45, 7) is -1.12. The molecule has 38 heavy (non-hydrogen) atoms. The molecule has 1 aliphatic heterocycles. The van der Waals surface area contributed by atoms with Crippen molar-refractivity contribution in [1.82, 2.24) is 4.72 Å². The largest absolute Gasteiger partial charge is 0.481 e. The third-order valence-electron chi connectivity index (χ3n) is 5.65. The standard InChI is InChI=1S/C15H27NO19S3/c1-30-11-5(14(19)20)3-6(13(10(11)18)35-38(27,28)29)33-12-7(4-32-37(24,25)26)34-15(31-2)8(9(12)17)16-36(21,22)23/h5-13,15-18H,3-4H2,1-2H3,(H,19,20)(H,21,22,23)(H,24,25,26)(H,27,28,29)/t5?,6-,7?,8?,9+,10-,11-,12+,13?,15+/m1/s1. The molecule has 10 atom stereocenters. The van der Waals surface area contributed by atoms with Gasteiger partial charge in [-0.2, -0.15) is 30.0 Å². The van der Waals surface area contributed by atoms with Crippen LogP contribution >= 0.6 is 0 Å². The van der Waals surface area contributed by atoms with Crippen LogP contribution in [-0.4, -0.2) is 136 Å². The van der Waals surface area contributed by atoms with E-state index in [2.05, 4.69) is 8.37 Å². The van der Waals surface area contributed by atoms with E-state index in [1.165, 1.54) is 0 Å². The van der Waals surface area contributed by atoms with Crippen molar-refractivity contribution in [2.24, 2.45) is 5.92 Å². The second-order valence-corrected chi connectivity index (χ2v) is 11.4. The molecule has 4 unspecified atom stereocenters. The van der Waals surface area contributed by atoms with E-state index in [9.17, 15) is 54.5 Å². The number of methoxy groups -OCH3 is 2. The first kappa shape index (κ1) is 33.0. The van der Waals surface area contributed by atoms with E-state index in [1.54, 1.807) is 4.72 Å². The van der Waals surface area contributed by atoms with Crippen LogP contribution in [0.5, 0.6) is 0 Å². The summed E-state index contributed by atoms with van der Waals surface area (Å²) in [6, 6.07) is -1.88. The molecular formula is C15H27NO19S3. The summed E-state index contributed by atoms with van der Waals surface area (Å²) >= 11 is 0. The first-order valence-corrected chi connectivity index (χ1v) is 14.4. The minimum Gasteiger partial charge on any atom is -0.481 e. The SMILES string of the molecule is CO[C@H]1OC(COS(=O)(=O)O)[C@H](O[C@@H]2CC(C(=O)O)[C@@H](OC)[C@@H](O)C2OS(=O)(=O)O)[C@@H](O)C1NS(=O)(=O)O. The summed E-state index contributed by atoms with van der Waals surface area (Å²) in [7, 11) is -13.5. The van der Waals surface area contributed by atoms with Crippen molar-refractivity contribution in [1.29, 1.82) is 0 Å². The predicted octanol–water partition coefficient (Wildman–Crippen LogP) is -4.28. The van der Waals surface area contributed by atoms with Gasteiger partial charge in [0.05, 0.1) is 24.7 Å². The molecule has 20 nitrogen and oxygen atoms in total. The number of carboxylic acids is 1. The minimum absolute atomic E-state index is 0.704. The van der Waals surface area contributed by atoms with Gasteiger partial charge in [0, 0.05) is 14.2 Å². The van der Waals surface area contributed by atoms with E-state index >= 15 is 0 Å². The molecule has 2 aliphatic rings. The normalized spacial score (nSPS) is 37.1. The first-order valence-electron chi connectivity index (χ1n) is 10.3. The van der Waals surface area contributed by atoms with E-state index in [0.29, 0.717) is 0 Å². The lowest BCUT2D eigenvalue weighted by Crippen LogP contribution is -2.67. The number of carboxylic acid groups (broad SMARTS) is 1. The van der Waals surface area contributed by atoms with Crippen LogP contribution < -0.4 is 4.72 Å². The fourth-order valence-corrected chi connectivity index (χ4v) is 5.60. The molecule has 1 saturated carbocycles. The molecule has 1 heterocycles. The van der Waals surface area contributed by atoms with E-state index in [4.69, 9.17) is 23.5 Å². The van der Waals surface area contributed by atoms with Gasteiger partial charge >= 0.3 is 37.1 Å². The van der Waals surface area contributed by atoms with Gasteiger partial charge in [-0.05, 0) is 6.42 Å². The van der Waals surface area contributed by atoms with Crippen LogP contribution in [0, 0.1) is 5.92 Å². The molecule has 0 radical (unpaired) electrons. The van der Waals surface area contributed by atoms with Crippen molar-refractivity contribution in [3.8, 4) is 0 Å². The number of carbonyl (C=O) groups is 1. The molecule has 2 rings (SSSR count). The Labute approximate surface area is 216 Å². The van der Waals surface area contributed by atoms with Gasteiger partial charge in [0.1, 0.15) is 36.6 Å². The summed E-state index contributed by atoms with van der Waals surface area (Å²) in [5.41, 5.74) is 0. The van der Waals surface area contributed by atoms with Crippen molar-refractivity contribution in [3.05, 3.63) is 0 Å². The Morgan fingerprint density at radius 3 is 1.97 bits per heavy atom. The second-order valence-electron chi connectivity index (χ2n) is 8.10. The van der Waals surface area contributed by atoms with Gasteiger partial charge < -0.3 is 34.3 Å². The molecule has 1 saturated heterocycles. The zero-order valence-corrected chi connectivity index (χ0v) is 21.9. The lowest BCUT2D eigenvalue weighted by molar-refractivity contribution is -0.287. The Hall–Kier alpha value is -1.16. The van der Waals surface area contributed by atoms with Crippen LogP contribution in [0.25, 0.3) is 0 Å². The zero-order chi connectivity index (χ0) is 29.2. The Balaban J connectivity index is 2.52. The topological polar surface area (TPSA) is 308 Å². The highest BCUT2D eigenvalue weighted by atomic mass is 32.3. The number of hydrogen-bond acceptors (Lipinski definition) is 15. The monoisotopic (exact) mass is 621 g/mol. The summed E-state index contributed by atoms with van der Waals surface area (Å²) in [4.78, 5) is 11.8. The van der Waals surface area contributed by atoms with Crippen LogP contribution in [-0.2, 0) is 63.2 Å². The number of aliphatic hydroxyl groups excluding tert-OH is 2. The van der Waals surface area contributed by atoms with Gasteiger partial charge in [-0.3, -0.25) is 18.5 Å². The second kappa shape index (κ2) is 12.6. The highest BCUT2D eigenvalue weighted by molar-refractivity contribution is 7.83. The third kappa shape index (κ3) is 8.93. The van der Waals surface area contributed by atoms with Crippen molar-refractivity contribution < 1.29 is 86.3 Å². The van der Waals surface area contributed by atoms with E-state index in [1.807, 2.05) is 0 Å². The summed E-state index contributed by atoms with van der Waals surface area (Å²) in [6.07, 6.45) is -15.9. The Morgan fingerprint density at radius 1 is 0.921 bits per heavy atom. The number of ether oxygens (including phenoxy) is 4. The van der Waals surface area contributed by atoms with Crippen molar-refractivity contribution in [2.75, 3.05) is 20.8 Å². The van der Waals surface area contributed by atoms with Crippen molar-refractivity contribution >= 4 is 37.1 Å². The number of nitrogens with one attached hydrogen (secondary N) is 1. The molecule has 0 aromatic carbocycles. The van der Waals surface area contributed by atoms with Crippen LogP contribution in [0.3, 0.4) is 0 Å². The van der Waals surface area contributed by atoms with Gasteiger partial charge in [-0.1, -0.05) is 0 Å². The molecule has 224 valence electrons. The third-order valence-corrected chi connectivity index (χ3v) is 7.12. The van der Waals surface area contributed by atoms with Crippen molar-refractivity contribution in [2.45, 2.75) is 61.5 Å². The molecule has 0 spiro atoms. The Morgan fingerprint density at radius 2 is 1.53 bits per heavy atom. The molecule has 0 aromatic heterocycles. The highest BCUT2D eigenvalue weighted by Gasteiger charge is 2.54. The average Bonchev–Trinajstić information content (AvgIpc) is 2.75.